The molecule has 3 aromatic rings. The van der Waals surface area contributed by atoms with Crippen molar-refractivity contribution in [3.05, 3.63) is 41.9 Å². The first-order chi connectivity index (χ1) is 16.4. The molecule has 10 nitrogen and oxygen atoms in total. The van der Waals surface area contributed by atoms with Crippen molar-refractivity contribution in [2.45, 2.75) is 31.1 Å². The van der Waals surface area contributed by atoms with Gasteiger partial charge in [-0.25, -0.2) is 18.1 Å². The fourth-order valence-corrected chi connectivity index (χ4v) is 5.18. The molecule has 0 amide bonds. The minimum absolute atomic E-state index is 0.0210. The molecule has 11 heteroatoms. The van der Waals surface area contributed by atoms with Crippen LogP contribution >= 0.6 is 0 Å². The Labute approximate surface area is 200 Å². The van der Waals surface area contributed by atoms with Crippen LogP contribution in [-0.4, -0.2) is 70.3 Å². The molecule has 2 aromatic heterocycles. The molecule has 3 heterocycles. The number of fused-ring (bicyclic) bond motifs is 1. The van der Waals surface area contributed by atoms with E-state index in [-0.39, 0.29) is 5.75 Å². The van der Waals surface area contributed by atoms with Crippen molar-refractivity contribution in [2.24, 2.45) is 0 Å². The summed E-state index contributed by atoms with van der Waals surface area (Å²) in [5, 5.41) is 4.74. The zero-order chi connectivity index (χ0) is 24.1. The number of sulfonamides is 1. The normalized spacial score (nSPS) is 16.3. The van der Waals surface area contributed by atoms with Gasteiger partial charge in [0.25, 0.3) is 5.88 Å². The van der Waals surface area contributed by atoms with E-state index in [0.717, 1.165) is 61.2 Å². The van der Waals surface area contributed by atoms with E-state index in [2.05, 4.69) is 29.9 Å². The Balaban J connectivity index is 1.31. The van der Waals surface area contributed by atoms with Gasteiger partial charge in [0.1, 0.15) is 6.33 Å². The third-order valence-corrected chi connectivity index (χ3v) is 7.53. The number of nitrogens with one attached hydrogen (secondary N) is 3. The number of methoxy groups -OCH3 is 2. The van der Waals surface area contributed by atoms with Crippen molar-refractivity contribution in [2.75, 3.05) is 45.8 Å². The Morgan fingerprint density at radius 3 is 2.85 bits per heavy atom. The second-order valence-electron chi connectivity index (χ2n) is 8.39. The van der Waals surface area contributed by atoms with Crippen molar-refractivity contribution >= 4 is 26.7 Å². The van der Waals surface area contributed by atoms with Crippen LogP contribution < -0.4 is 24.4 Å². The van der Waals surface area contributed by atoms with Gasteiger partial charge in [-0.2, -0.15) is 4.98 Å². The number of H-pyrrole nitrogens is 1. The molecule has 0 spiro atoms. The van der Waals surface area contributed by atoms with Gasteiger partial charge in [-0.3, -0.25) is 0 Å². The van der Waals surface area contributed by atoms with Crippen LogP contribution in [-0.2, 0) is 22.2 Å². The van der Waals surface area contributed by atoms with Crippen LogP contribution in [0.1, 0.15) is 24.0 Å². The smallest absolute Gasteiger partial charge is 0.262 e. The van der Waals surface area contributed by atoms with Gasteiger partial charge in [-0.1, -0.05) is 6.07 Å². The highest BCUT2D eigenvalue weighted by Crippen LogP contribution is 2.34. The van der Waals surface area contributed by atoms with E-state index >= 15 is 0 Å². The molecule has 1 atom stereocenters. The van der Waals surface area contributed by atoms with Crippen molar-refractivity contribution in [1.29, 1.82) is 0 Å². The molecule has 1 saturated heterocycles. The first-order valence-electron chi connectivity index (χ1n) is 11.4. The lowest BCUT2D eigenvalue weighted by Gasteiger charge is -2.20. The van der Waals surface area contributed by atoms with E-state index in [4.69, 9.17) is 9.47 Å². The average molecular weight is 489 g/mol. The highest BCUT2D eigenvalue weighted by atomic mass is 32.2. The number of hydrogen-bond donors (Lipinski definition) is 3. The number of aromatic amines is 1. The Morgan fingerprint density at radius 2 is 2.09 bits per heavy atom. The summed E-state index contributed by atoms with van der Waals surface area (Å²) in [5.41, 5.74) is 3.00. The van der Waals surface area contributed by atoms with Crippen molar-refractivity contribution < 1.29 is 17.9 Å². The molecule has 1 fully saturated rings. The highest BCUT2D eigenvalue weighted by Gasteiger charge is 2.27. The minimum atomic E-state index is -3.30. The minimum Gasteiger partial charge on any atom is -0.489 e. The number of benzene rings is 1. The summed E-state index contributed by atoms with van der Waals surface area (Å²) in [6.07, 6.45) is 6.42. The maximum absolute atomic E-state index is 11.9. The van der Waals surface area contributed by atoms with E-state index in [9.17, 15) is 8.42 Å². The third-order valence-electron chi connectivity index (χ3n) is 6.19. The molecule has 4 rings (SSSR count). The summed E-state index contributed by atoms with van der Waals surface area (Å²) < 4.78 is 36.9. The molecule has 1 aliphatic heterocycles. The van der Waals surface area contributed by atoms with E-state index < -0.39 is 10.0 Å². The van der Waals surface area contributed by atoms with Crippen LogP contribution in [0.15, 0.2) is 30.7 Å². The number of aryl methyl sites for hydroxylation is 1. The van der Waals surface area contributed by atoms with Crippen LogP contribution in [0.4, 0.5) is 5.82 Å². The lowest BCUT2D eigenvalue weighted by atomic mass is 10.1. The molecule has 3 N–H and O–H groups in total. The Kier molecular flexibility index (Phi) is 7.54. The first kappa shape index (κ1) is 24.2. The molecule has 34 heavy (non-hydrogen) atoms. The maximum Gasteiger partial charge on any atom is 0.262 e. The average Bonchev–Trinajstić information content (AvgIpc) is 3.48. The van der Waals surface area contributed by atoms with Gasteiger partial charge >= 0.3 is 0 Å². The Hall–Kier alpha value is -2.89. The van der Waals surface area contributed by atoms with E-state index in [1.54, 1.807) is 14.2 Å². The predicted molar refractivity (Wildman–Crippen MR) is 132 cm³/mol. The van der Waals surface area contributed by atoms with Crippen LogP contribution in [0.5, 0.6) is 11.6 Å². The third kappa shape index (κ3) is 5.43. The van der Waals surface area contributed by atoms with Crippen molar-refractivity contribution in [3.63, 3.8) is 0 Å². The van der Waals surface area contributed by atoms with Crippen molar-refractivity contribution in [3.8, 4) is 11.6 Å². The summed E-state index contributed by atoms with van der Waals surface area (Å²) in [4.78, 5) is 14.0. The predicted octanol–water partition coefficient (Wildman–Crippen LogP) is 1.83. The zero-order valence-corrected chi connectivity index (χ0v) is 20.6. The number of nitrogens with zero attached hydrogens (tertiary/aromatic N) is 3. The number of ether oxygens (including phenoxy) is 2. The van der Waals surface area contributed by atoms with Crippen LogP contribution in [0.25, 0.3) is 10.9 Å². The second kappa shape index (κ2) is 10.6. The summed E-state index contributed by atoms with van der Waals surface area (Å²) in [6.45, 7) is 2.62. The number of rotatable bonds is 11. The lowest BCUT2D eigenvalue weighted by Crippen LogP contribution is -2.33. The van der Waals surface area contributed by atoms with Gasteiger partial charge < -0.3 is 24.7 Å². The van der Waals surface area contributed by atoms with Crippen LogP contribution in [0.2, 0.25) is 0 Å². The summed E-state index contributed by atoms with van der Waals surface area (Å²) in [6, 6.07) is 6.14. The van der Waals surface area contributed by atoms with E-state index in [1.165, 1.54) is 18.9 Å². The topological polar surface area (TPSA) is 121 Å². The molecule has 184 valence electrons. The van der Waals surface area contributed by atoms with Gasteiger partial charge in [-0.05, 0) is 56.1 Å². The maximum atomic E-state index is 11.9. The molecule has 1 unspecified atom stereocenters. The Morgan fingerprint density at radius 1 is 1.24 bits per heavy atom. The van der Waals surface area contributed by atoms with Crippen molar-refractivity contribution in [1.82, 2.24) is 25.0 Å². The molecule has 0 saturated carbocycles. The summed E-state index contributed by atoms with van der Waals surface area (Å²) >= 11 is 0. The van der Waals surface area contributed by atoms with Gasteiger partial charge in [0.05, 0.1) is 20.0 Å². The lowest BCUT2D eigenvalue weighted by molar-refractivity contribution is 0.341. The van der Waals surface area contributed by atoms with Gasteiger partial charge in [0, 0.05) is 36.2 Å². The molecule has 0 aliphatic carbocycles. The molecule has 1 aliphatic rings. The molecular formula is C23H32N6O4S. The van der Waals surface area contributed by atoms with E-state index in [0.29, 0.717) is 17.7 Å². The summed E-state index contributed by atoms with van der Waals surface area (Å²) in [7, 11) is 1.31. The molecule has 0 bridgehead atoms. The molecule has 0 radical (unpaired) electrons. The molecular weight excluding hydrogens is 456 g/mol. The Bertz CT molecular complexity index is 1230. The highest BCUT2D eigenvalue weighted by molar-refractivity contribution is 7.88. The second-order valence-corrected chi connectivity index (χ2v) is 10.3. The first-order valence-corrected chi connectivity index (χ1v) is 13.0. The van der Waals surface area contributed by atoms with Crippen LogP contribution in [0.3, 0.4) is 0 Å². The largest absolute Gasteiger partial charge is 0.489 e. The molecule has 1 aromatic carbocycles. The standard InChI is InChI=1S/C23H32N6O4S/c1-24-34(30,31)14-16-6-7-20-19(11-16)17(12-26-20)5-4-9-25-18-8-10-29(13-18)22-21(32-2)23(33-3)28-15-27-22/h6-7,11-12,15,18,24-26H,4-5,8-10,13-14H2,1-3H3. The number of anilines is 1. The number of aromatic nitrogens is 3. The monoisotopic (exact) mass is 488 g/mol. The van der Waals surface area contributed by atoms with Gasteiger partial charge in [-0.15, -0.1) is 0 Å². The van der Waals surface area contributed by atoms with Gasteiger partial charge in [0.2, 0.25) is 15.8 Å². The van der Waals surface area contributed by atoms with Crippen LogP contribution in [0, 0.1) is 0 Å². The fraction of sp³-hybridized carbons (Fsp3) is 0.478. The van der Waals surface area contributed by atoms with Gasteiger partial charge in [0.15, 0.2) is 5.82 Å². The quantitative estimate of drug-likeness (QED) is 0.350. The summed E-state index contributed by atoms with van der Waals surface area (Å²) in [5.74, 6) is 1.74. The zero-order valence-electron chi connectivity index (χ0n) is 19.8. The SMILES string of the molecule is CNS(=O)(=O)Cc1ccc2[nH]cc(CCCNC3CCN(c4ncnc(OC)c4OC)C3)c2c1. The van der Waals surface area contributed by atoms with E-state index in [1.807, 2.05) is 24.4 Å². The fourth-order valence-electron chi connectivity index (χ4n) is 4.42. The number of hydrogen-bond acceptors (Lipinski definition) is 8.